The maximum atomic E-state index is 12.7. The summed E-state index contributed by atoms with van der Waals surface area (Å²) in [6.45, 7) is 6.68. The number of nitrogens with zero attached hydrogens (tertiary/aromatic N) is 2. The lowest BCUT2D eigenvalue weighted by atomic mass is 10.0. The second-order valence-electron chi connectivity index (χ2n) is 5.73. The van der Waals surface area contributed by atoms with Crippen LogP contribution in [0.5, 0.6) is 0 Å². The summed E-state index contributed by atoms with van der Waals surface area (Å²) in [4.78, 5) is 18.6. The van der Waals surface area contributed by atoms with Crippen LogP contribution in [0.3, 0.4) is 0 Å². The number of aromatic nitrogens is 1. The van der Waals surface area contributed by atoms with Crippen molar-refractivity contribution in [2.45, 2.75) is 32.5 Å². The first-order chi connectivity index (χ1) is 9.93. The second-order valence-corrected chi connectivity index (χ2v) is 5.73. The van der Waals surface area contributed by atoms with Crippen LogP contribution in [0.4, 0.5) is 0 Å². The first kappa shape index (κ1) is 15.5. The van der Waals surface area contributed by atoms with Gasteiger partial charge in [0.2, 0.25) is 0 Å². The Morgan fingerprint density at radius 1 is 1.62 bits per heavy atom. The van der Waals surface area contributed by atoms with Gasteiger partial charge in [0.15, 0.2) is 0 Å². The van der Waals surface area contributed by atoms with Gasteiger partial charge in [-0.15, -0.1) is 0 Å². The van der Waals surface area contributed by atoms with E-state index in [1.165, 1.54) is 0 Å². The van der Waals surface area contributed by atoms with Gasteiger partial charge in [-0.05, 0) is 32.9 Å². The predicted octanol–water partition coefficient (Wildman–Crippen LogP) is 1.06. The molecule has 1 amide bonds. The van der Waals surface area contributed by atoms with Gasteiger partial charge in [0.25, 0.3) is 5.91 Å². The van der Waals surface area contributed by atoms with Crippen LogP contribution in [0.2, 0.25) is 0 Å². The molecule has 1 N–H and O–H groups in total. The molecule has 21 heavy (non-hydrogen) atoms. The third-order valence-corrected chi connectivity index (χ3v) is 3.17. The summed E-state index contributed by atoms with van der Waals surface area (Å²) >= 11 is 0. The molecular weight excluding hydrogens is 268 g/mol. The lowest BCUT2D eigenvalue weighted by Crippen LogP contribution is -2.54. The highest BCUT2D eigenvalue weighted by molar-refractivity contribution is 5.94. The number of aliphatic hydroxyl groups excluding tert-OH is 1. The summed E-state index contributed by atoms with van der Waals surface area (Å²) < 4.78 is 5.81. The molecular formula is C16H20N2O3. The number of carbonyl (C=O) groups excluding carboxylic acids is 1. The van der Waals surface area contributed by atoms with Crippen LogP contribution >= 0.6 is 0 Å². The number of rotatable bonds is 1. The molecule has 5 nitrogen and oxygen atoms in total. The van der Waals surface area contributed by atoms with Gasteiger partial charge in [-0.2, -0.15) is 0 Å². The quantitative estimate of drug-likeness (QED) is 0.785. The average molecular weight is 288 g/mol. The van der Waals surface area contributed by atoms with E-state index in [2.05, 4.69) is 16.8 Å². The minimum Gasteiger partial charge on any atom is -0.384 e. The molecule has 0 saturated carbocycles. The zero-order valence-corrected chi connectivity index (χ0v) is 12.6. The van der Waals surface area contributed by atoms with Gasteiger partial charge < -0.3 is 14.7 Å². The van der Waals surface area contributed by atoms with E-state index in [-0.39, 0.29) is 24.2 Å². The van der Waals surface area contributed by atoms with Crippen LogP contribution in [0, 0.1) is 11.8 Å². The lowest BCUT2D eigenvalue weighted by Gasteiger charge is -2.41. The summed E-state index contributed by atoms with van der Waals surface area (Å²) in [6, 6.07) is 3.46. The smallest absolute Gasteiger partial charge is 0.273 e. The molecule has 0 aliphatic carbocycles. The third kappa shape index (κ3) is 3.81. The van der Waals surface area contributed by atoms with Crippen molar-refractivity contribution in [3.05, 3.63) is 29.6 Å². The maximum absolute atomic E-state index is 12.7. The molecule has 0 radical (unpaired) electrons. The molecule has 1 aliphatic heterocycles. The molecule has 0 aromatic carbocycles. The van der Waals surface area contributed by atoms with Crippen LogP contribution in [-0.2, 0) is 4.74 Å². The molecule has 1 aromatic rings. The minimum atomic E-state index is -0.376. The number of hydrogen-bond donors (Lipinski definition) is 1. The number of aliphatic hydroxyl groups is 1. The summed E-state index contributed by atoms with van der Waals surface area (Å²) in [6.07, 6.45) is 1.56. The summed E-state index contributed by atoms with van der Waals surface area (Å²) in [7, 11) is 0. The average Bonchev–Trinajstić information content (AvgIpc) is 2.42. The zero-order valence-electron chi connectivity index (χ0n) is 12.6. The Hall–Kier alpha value is -1.90. The van der Waals surface area contributed by atoms with E-state index < -0.39 is 0 Å². The van der Waals surface area contributed by atoms with Crippen LogP contribution < -0.4 is 0 Å². The first-order valence-corrected chi connectivity index (χ1v) is 6.95. The SMILES string of the molecule is CC1CN(C(=O)c2ncccc2C#CCO)CC(C)(C)O1. The van der Waals surface area contributed by atoms with Gasteiger partial charge in [-0.3, -0.25) is 4.79 Å². The number of morpholine rings is 1. The van der Waals surface area contributed by atoms with Gasteiger partial charge >= 0.3 is 0 Å². The van der Waals surface area contributed by atoms with E-state index in [0.29, 0.717) is 24.3 Å². The first-order valence-electron chi connectivity index (χ1n) is 6.95. The molecule has 1 fully saturated rings. The molecule has 1 atom stereocenters. The molecule has 2 heterocycles. The van der Waals surface area contributed by atoms with Gasteiger partial charge in [0.05, 0.1) is 17.3 Å². The van der Waals surface area contributed by atoms with Crippen LogP contribution in [0.15, 0.2) is 18.3 Å². The van der Waals surface area contributed by atoms with Crippen molar-refractivity contribution >= 4 is 5.91 Å². The van der Waals surface area contributed by atoms with E-state index >= 15 is 0 Å². The Morgan fingerprint density at radius 3 is 3.05 bits per heavy atom. The summed E-state index contributed by atoms with van der Waals surface area (Å²) in [5.41, 5.74) is 0.482. The normalized spacial score (nSPS) is 20.6. The zero-order chi connectivity index (χ0) is 15.5. The van der Waals surface area contributed by atoms with Crippen molar-refractivity contribution in [3.8, 4) is 11.8 Å². The molecule has 1 saturated heterocycles. The second kappa shape index (κ2) is 6.25. The fourth-order valence-electron chi connectivity index (χ4n) is 2.57. The van der Waals surface area contributed by atoms with Crippen molar-refractivity contribution in [2.75, 3.05) is 19.7 Å². The van der Waals surface area contributed by atoms with Crippen LogP contribution in [0.25, 0.3) is 0 Å². The van der Waals surface area contributed by atoms with Gasteiger partial charge in [-0.1, -0.05) is 11.8 Å². The standard InChI is InChI=1S/C16H20N2O3/c1-12-10-18(11-16(2,3)21-12)15(20)14-13(7-5-9-19)6-4-8-17-14/h4,6,8,12,19H,9-11H2,1-3H3. The van der Waals surface area contributed by atoms with Crippen molar-refractivity contribution in [2.24, 2.45) is 0 Å². The minimum absolute atomic E-state index is 0.0200. The lowest BCUT2D eigenvalue weighted by molar-refractivity contribution is -0.118. The Bertz CT molecular complexity index is 587. The Morgan fingerprint density at radius 2 is 2.38 bits per heavy atom. The highest BCUT2D eigenvalue weighted by Gasteiger charge is 2.34. The van der Waals surface area contributed by atoms with Crippen LogP contribution in [0.1, 0.15) is 36.8 Å². The third-order valence-electron chi connectivity index (χ3n) is 3.17. The number of amides is 1. The molecule has 1 unspecified atom stereocenters. The van der Waals surface area contributed by atoms with Crippen molar-refractivity contribution in [3.63, 3.8) is 0 Å². The van der Waals surface area contributed by atoms with Gasteiger partial charge in [0.1, 0.15) is 12.3 Å². The molecule has 2 rings (SSSR count). The maximum Gasteiger partial charge on any atom is 0.273 e. The van der Waals surface area contributed by atoms with Gasteiger partial charge in [0, 0.05) is 19.3 Å². The predicted molar refractivity (Wildman–Crippen MR) is 78.7 cm³/mol. The van der Waals surface area contributed by atoms with E-state index in [0.717, 1.165) is 0 Å². The molecule has 1 aromatic heterocycles. The van der Waals surface area contributed by atoms with Crippen LogP contribution in [-0.4, -0.2) is 52.3 Å². The van der Waals surface area contributed by atoms with Crippen molar-refractivity contribution in [1.82, 2.24) is 9.88 Å². The van der Waals surface area contributed by atoms with E-state index in [9.17, 15) is 4.79 Å². The van der Waals surface area contributed by atoms with E-state index in [4.69, 9.17) is 9.84 Å². The van der Waals surface area contributed by atoms with Gasteiger partial charge in [-0.25, -0.2) is 4.98 Å². The van der Waals surface area contributed by atoms with E-state index in [1.54, 1.807) is 23.2 Å². The van der Waals surface area contributed by atoms with Crippen molar-refractivity contribution in [1.29, 1.82) is 0 Å². The number of carbonyl (C=O) groups is 1. The molecule has 0 spiro atoms. The molecule has 112 valence electrons. The highest BCUT2D eigenvalue weighted by Crippen LogP contribution is 2.22. The number of pyridine rings is 1. The summed E-state index contributed by atoms with van der Waals surface area (Å²) in [5.74, 6) is 5.18. The highest BCUT2D eigenvalue weighted by atomic mass is 16.5. The van der Waals surface area contributed by atoms with E-state index in [1.807, 2.05) is 20.8 Å². The molecule has 0 bridgehead atoms. The molecule has 1 aliphatic rings. The Kier molecular flexibility index (Phi) is 4.61. The number of ether oxygens (including phenoxy) is 1. The van der Waals surface area contributed by atoms with Crippen molar-refractivity contribution < 1.29 is 14.6 Å². The largest absolute Gasteiger partial charge is 0.384 e. The summed E-state index contributed by atoms with van der Waals surface area (Å²) in [5, 5.41) is 8.80. The topological polar surface area (TPSA) is 62.7 Å². The fourth-order valence-corrected chi connectivity index (χ4v) is 2.57. The Labute approximate surface area is 124 Å². The Balaban J connectivity index is 2.28. The fraction of sp³-hybridized carbons (Fsp3) is 0.500. The number of hydrogen-bond acceptors (Lipinski definition) is 4. The monoisotopic (exact) mass is 288 g/mol. The molecule has 5 heteroatoms.